The lowest BCUT2D eigenvalue weighted by Crippen LogP contribution is -2.47. The van der Waals surface area contributed by atoms with Gasteiger partial charge in [-0.05, 0) is 43.4 Å². The summed E-state index contributed by atoms with van der Waals surface area (Å²) in [6.45, 7) is 3.91. The van der Waals surface area contributed by atoms with E-state index in [2.05, 4.69) is 26.6 Å². The smallest absolute Gasteiger partial charge is 0.211 e. The zero-order valence-corrected chi connectivity index (χ0v) is 18.1. The molecular formula is C19H30ClN5O2S. The van der Waals surface area contributed by atoms with Crippen molar-refractivity contribution >= 4 is 33.3 Å². The Hall–Kier alpha value is -1.51. The molecule has 2 saturated heterocycles. The van der Waals surface area contributed by atoms with E-state index in [0.29, 0.717) is 25.0 Å². The van der Waals surface area contributed by atoms with Gasteiger partial charge in [0, 0.05) is 56.5 Å². The van der Waals surface area contributed by atoms with Crippen molar-refractivity contribution in [3.8, 4) is 0 Å². The molecule has 1 unspecified atom stereocenters. The van der Waals surface area contributed by atoms with Gasteiger partial charge in [0.25, 0.3) is 0 Å². The maximum absolute atomic E-state index is 11.6. The largest absolute Gasteiger partial charge is 0.369 e. The van der Waals surface area contributed by atoms with Crippen LogP contribution in [0.25, 0.3) is 0 Å². The number of nitrogens with zero attached hydrogens (tertiary/aromatic N) is 3. The summed E-state index contributed by atoms with van der Waals surface area (Å²) in [7, 11) is -1.28. The highest BCUT2D eigenvalue weighted by Gasteiger charge is 2.26. The highest BCUT2D eigenvalue weighted by molar-refractivity contribution is 7.88. The summed E-state index contributed by atoms with van der Waals surface area (Å²) < 4.78 is 24.8. The van der Waals surface area contributed by atoms with E-state index < -0.39 is 10.0 Å². The van der Waals surface area contributed by atoms with E-state index >= 15 is 0 Å². The number of rotatable bonds is 5. The van der Waals surface area contributed by atoms with Crippen LogP contribution in [0.5, 0.6) is 0 Å². The molecule has 2 aliphatic rings. The minimum Gasteiger partial charge on any atom is -0.369 e. The lowest BCUT2D eigenvalue weighted by Gasteiger charge is -2.30. The van der Waals surface area contributed by atoms with Crippen LogP contribution in [0, 0.1) is 5.92 Å². The van der Waals surface area contributed by atoms with E-state index in [1.807, 2.05) is 18.2 Å². The van der Waals surface area contributed by atoms with Crippen molar-refractivity contribution in [1.82, 2.24) is 14.9 Å². The molecule has 2 fully saturated rings. The summed E-state index contributed by atoms with van der Waals surface area (Å²) in [5.41, 5.74) is 1.15. The molecule has 0 radical (unpaired) electrons. The molecule has 1 aromatic rings. The van der Waals surface area contributed by atoms with E-state index in [-0.39, 0.29) is 0 Å². The zero-order chi connectivity index (χ0) is 20.1. The third kappa shape index (κ3) is 5.75. The van der Waals surface area contributed by atoms with Gasteiger partial charge in [-0.15, -0.1) is 0 Å². The first-order valence-electron chi connectivity index (χ1n) is 9.78. The van der Waals surface area contributed by atoms with Crippen molar-refractivity contribution in [3.63, 3.8) is 0 Å². The third-order valence-electron chi connectivity index (χ3n) is 5.53. The number of piperidine rings is 1. The van der Waals surface area contributed by atoms with Crippen molar-refractivity contribution in [2.75, 3.05) is 50.9 Å². The number of benzene rings is 1. The van der Waals surface area contributed by atoms with Gasteiger partial charge in [-0.25, -0.2) is 12.7 Å². The zero-order valence-electron chi connectivity index (χ0n) is 16.6. The summed E-state index contributed by atoms with van der Waals surface area (Å²) in [6.07, 6.45) is 4.08. The third-order valence-corrected chi connectivity index (χ3v) is 7.07. The summed E-state index contributed by atoms with van der Waals surface area (Å²) in [5.74, 6) is 1.27. The molecule has 1 aromatic carbocycles. The Bertz CT molecular complexity index is 793. The van der Waals surface area contributed by atoms with Gasteiger partial charge in [0.1, 0.15) is 0 Å². The second kappa shape index (κ2) is 9.33. The Morgan fingerprint density at radius 2 is 2.00 bits per heavy atom. The Balaban J connectivity index is 1.43. The van der Waals surface area contributed by atoms with Crippen molar-refractivity contribution < 1.29 is 8.42 Å². The molecule has 2 N–H and O–H groups in total. The van der Waals surface area contributed by atoms with Crippen molar-refractivity contribution in [2.24, 2.45) is 10.9 Å². The summed E-state index contributed by atoms with van der Waals surface area (Å²) in [5, 5.41) is 7.68. The maximum atomic E-state index is 11.6. The quantitative estimate of drug-likeness (QED) is 0.553. The normalized spacial score (nSPS) is 22.5. The van der Waals surface area contributed by atoms with Crippen LogP contribution in [0.4, 0.5) is 5.69 Å². The first-order chi connectivity index (χ1) is 13.3. The summed E-state index contributed by atoms with van der Waals surface area (Å²) >= 11 is 6.11. The van der Waals surface area contributed by atoms with Gasteiger partial charge in [-0.3, -0.25) is 4.99 Å². The number of hydrogen-bond acceptors (Lipinski definition) is 4. The van der Waals surface area contributed by atoms with E-state index in [1.165, 1.54) is 6.26 Å². The molecule has 156 valence electrons. The molecule has 7 nitrogen and oxygen atoms in total. The van der Waals surface area contributed by atoms with Crippen LogP contribution in [0.15, 0.2) is 29.3 Å². The first kappa shape index (κ1) is 21.2. The second-order valence-corrected chi connectivity index (χ2v) is 10.0. The minimum atomic E-state index is -3.07. The van der Waals surface area contributed by atoms with Crippen molar-refractivity contribution in [3.05, 3.63) is 29.3 Å². The Kier molecular flexibility index (Phi) is 7.06. The Morgan fingerprint density at radius 3 is 2.64 bits per heavy atom. The molecule has 2 heterocycles. The van der Waals surface area contributed by atoms with E-state index in [1.54, 1.807) is 11.4 Å². The van der Waals surface area contributed by atoms with Gasteiger partial charge in [0.2, 0.25) is 10.0 Å². The Labute approximate surface area is 173 Å². The molecule has 2 aliphatic heterocycles. The summed E-state index contributed by atoms with van der Waals surface area (Å²) in [6, 6.07) is 8.29. The molecular weight excluding hydrogens is 398 g/mol. The number of guanidine groups is 1. The number of anilines is 1. The fourth-order valence-corrected chi connectivity index (χ4v) is 4.92. The minimum absolute atomic E-state index is 0.331. The molecule has 3 rings (SSSR count). The molecule has 0 spiro atoms. The van der Waals surface area contributed by atoms with Crippen molar-refractivity contribution in [1.29, 1.82) is 0 Å². The van der Waals surface area contributed by atoms with E-state index in [0.717, 1.165) is 55.6 Å². The molecule has 0 amide bonds. The van der Waals surface area contributed by atoms with Gasteiger partial charge in [-0.1, -0.05) is 17.7 Å². The fourth-order valence-electron chi connectivity index (χ4n) is 3.86. The number of hydrogen-bond donors (Lipinski definition) is 2. The van der Waals surface area contributed by atoms with E-state index in [4.69, 9.17) is 11.6 Å². The van der Waals surface area contributed by atoms with Gasteiger partial charge in [-0.2, -0.15) is 0 Å². The van der Waals surface area contributed by atoms with Gasteiger partial charge >= 0.3 is 0 Å². The van der Waals surface area contributed by atoms with Crippen molar-refractivity contribution in [2.45, 2.75) is 25.3 Å². The predicted octanol–water partition coefficient (Wildman–Crippen LogP) is 1.76. The monoisotopic (exact) mass is 427 g/mol. The second-order valence-electron chi connectivity index (χ2n) is 7.61. The topological polar surface area (TPSA) is 77.0 Å². The van der Waals surface area contributed by atoms with Gasteiger partial charge in [0.15, 0.2) is 5.96 Å². The molecule has 1 atom stereocenters. The number of nitrogens with one attached hydrogen (secondary N) is 2. The van der Waals surface area contributed by atoms with Crippen LogP contribution in [-0.4, -0.2) is 70.8 Å². The van der Waals surface area contributed by atoms with Gasteiger partial charge < -0.3 is 15.5 Å². The van der Waals surface area contributed by atoms with E-state index in [9.17, 15) is 8.42 Å². The molecule has 28 heavy (non-hydrogen) atoms. The average molecular weight is 428 g/mol. The standard InChI is InChI=1S/C19H30ClN5O2S/c1-21-19(22-13-15-6-10-25(11-7-15)28(2,26)27)23-17-8-9-24(14-17)18-5-3-4-16(20)12-18/h3-5,12,15,17H,6-11,13-14H2,1-2H3,(H2,21,22,23). The number of aliphatic imine (C=N–C) groups is 1. The predicted molar refractivity (Wildman–Crippen MR) is 116 cm³/mol. The fraction of sp³-hybridized carbons (Fsp3) is 0.632. The van der Waals surface area contributed by atoms with Crippen LogP contribution in [0.1, 0.15) is 19.3 Å². The van der Waals surface area contributed by atoms with Gasteiger partial charge in [0.05, 0.1) is 6.26 Å². The maximum Gasteiger partial charge on any atom is 0.211 e. The molecule has 0 saturated carbocycles. The lowest BCUT2D eigenvalue weighted by molar-refractivity contribution is 0.274. The van der Waals surface area contributed by atoms with Crippen LogP contribution in [-0.2, 0) is 10.0 Å². The summed E-state index contributed by atoms with van der Waals surface area (Å²) in [4.78, 5) is 6.68. The highest BCUT2D eigenvalue weighted by atomic mass is 35.5. The molecule has 0 bridgehead atoms. The molecule has 0 aromatic heterocycles. The van der Waals surface area contributed by atoms with Crippen LogP contribution >= 0.6 is 11.6 Å². The van der Waals surface area contributed by atoms with Crippen LogP contribution in [0.3, 0.4) is 0 Å². The number of halogens is 1. The average Bonchev–Trinajstić information content (AvgIpc) is 3.13. The lowest BCUT2D eigenvalue weighted by atomic mass is 9.98. The number of sulfonamides is 1. The molecule has 9 heteroatoms. The highest BCUT2D eigenvalue weighted by Crippen LogP contribution is 2.23. The first-order valence-corrected chi connectivity index (χ1v) is 12.0. The van der Waals surface area contributed by atoms with Crippen LogP contribution < -0.4 is 15.5 Å². The Morgan fingerprint density at radius 1 is 1.25 bits per heavy atom. The SMILES string of the molecule is CN=C(NCC1CCN(S(C)(=O)=O)CC1)NC1CCN(c2cccc(Cl)c2)C1. The molecule has 0 aliphatic carbocycles. The van der Waals surface area contributed by atoms with Crippen LogP contribution in [0.2, 0.25) is 5.02 Å².